The number of allylic oxidation sites excluding steroid dienone is 2. The van der Waals surface area contributed by atoms with Crippen LogP contribution < -0.4 is 0 Å². The van der Waals surface area contributed by atoms with Crippen LogP contribution in [-0.4, -0.2) is 45.4 Å². The van der Waals surface area contributed by atoms with Crippen molar-refractivity contribution in [2.45, 2.75) is 99.5 Å². The highest BCUT2D eigenvalue weighted by atomic mass is 16.4. The first kappa shape index (κ1) is 27.9. The summed E-state index contributed by atoms with van der Waals surface area (Å²) < 4.78 is 0. The molecule has 8 atom stereocenters. The summed E-state index contributed by atoms with van der Waals surface area (Å²) in [6, 6.07) is 0. The molecule has 0 spiro atoms. The van der Waals surface area contributed by atoms with E-state index in [1.165, 1.54) is 6.92 Å². The van der Waals surface area contributed by atoms with Gasteiger partial charge in [0.15, 0.2) is 11.6 Å². The van der Waals surface area contributed by atoms with Crippen LogP contribution in [0.25, 0.3) is 0 Å². The number of aliphatic carboxylic acids is 1. The van der Waals surface area contributed by atoms with Crippen LogP contribution in [0.1, 0.15) is 93.4 Å². The van der Waals surface area contributed by atoms with E-state index in [9.17, 15) is 29.1 Å². The molecule has 0 aromatic rings. The second-order valence-corrected chi connectivity index (χ2v) is 13.8. The Hall–Kier alpha value is -2.15. The summed E-state index contributed by atoms with van der Waals surface area (Å²) in [4.78, 5) is 65.6. The molecule has 0 bridgehead atoms. The van der Waals surface area contributed by atoms with Gasteiger partial charge in [-0.2, -0.15) is 0 Å². The lowest BCUT2D eigenvalue weighted by Gasteiger charge is -2.60. The van der Waals surface area contributed by atoms with E-state index in [0.717, 1.165) is 0 Å². The monoisotopic (exact) mass is 514 g/mol. The van der Waals surface area contributed by atoms with Crippen LogP contribution in [0.3, 0.4) is 0 Å². The highest BCUT2D eigenvalue weighted by molar-refractivity contribution is 6.16. The van der Waals surface area contributed by atoms with E-state index in [4.69, 9.17) is 5.11 Å². The molecule has 0 heterocycles. The Morgan fingerprint density at radius 2 is 1.57 bits per heavy atom. The molecule has 37 heavy (non-hydrogen) atoms. The Morgan fingerprint density at radius 1 is 0.946 bits per heavy atom. The largest absolute Gasteiger partial charge is 0.481 e. The smallest absolute Gasteiger partial charge is 0.306 e. The SMILES string of the molecule is CC(CC(=O)C[C@H](C)[C@@H]1CC(=O)[C@]2(C)C3=C(C(=O)C[C@@]12C)[C@]1(C)CC[C@@H](O)C(C)(C)C1CC3=O)C(=O)O. The molecule has 0 aliphatic heterocycles. The standard InChI is InChI=1S/C30H42O7/c1-15(10-17(31)11-16(2)26(36)37)18-12-23(35)30(7)25-19(32)13-21-27(3,4)22(34)8-9-28(21,5)24(25)20(33)14-29(18,30)6/h15-16,18,21-22,34H,8-14H2,1-7H3,(H,36,37)/t15-,16?,18-,21?,22+,28+,29-,30+/m0/s1. The van der Waals surface area contributed by atoms with Gasteiger partial charge in [-0.05, 0) is 48.3 Å². The number of carbonyl (C=O) groups is 5. The van der Waals surface area contributed by atoms with Gasteiger partial charge in [-0.25, -0.2) is 0 Å². The number of carbonyl (C=O) groups excluding carboxylic acids is 4. The zero-order chi connectivity index (χ0) is 27.9. The predicted molar refractivity (Wildman–Crippen MR) is 136 cm³/mol. The molecule has 2 N–H and O–H groups in total. The highest BCUT2D eigenvalue weighted by Crippen LogP contribution is 2.70. The van der Waals surface area contributed by atoms with Crippen molar-refractivity contribution in [2.24, 2.45) is 45.3 Å². The molecule has 0 aromatic carbocycles. The van der Waals surface area contributed by atoms with Gasteiger partial charge in [-0.1, -0.05) is 41.5 Å². The molecule has 2 unspecified atom stereocenters. The fraction of sp³-hybridized carbons (Fsp3) is 0.767. The molecule has 0 radical (unpaired) electrons. The van der Waals surface area contributed by atoms with Gasteiger partial charge in [0, 0.05) is 48.7 Å². The summed E-state index contributed by atoms with van der Waals surface area (Å²) in [5, 5.41) is 19.9. The van der Waals surface area contributed by atoms with E-state index in [2.05, 4.69) is 0 Å². The molecule has 4 rings (SSSR count). The fourth-order valence-corrected chi connectivity index (χ4v) is 8.84. The minimum atomic E-state index is -1.11. The molecular weight excluding hydrogens is 472 g/mol. The quantitative estimate of drug-likeness (QED) is 0.540. The number of hydrogen-bond donors (Lipinski definition) is 2. The summed E-state index contributed by atoms with van der Waals surface area (Å²) in [5.41, 5.74) is -2.13. The van der Waals surface area contributed by atoms with Crippen molar-refractivity contribution < 1.29 is 34.2 Å². The number of rotatable bonds is 6. The van der Waals surface area contributed by atoms with Crippen molar-refractivity contribution in [3.8, 4) is 0 Å². The third-order valence-corrected chi connectivity index (χ3v) is 11.4. The lowest BCUT2D eigenvalue weighted by Crippen LogP contribution is -2.59. The normalized spacial score (nSPS) is 40.5. The summed E-state index contributed by atoms with van der Waals surface area (Å²) in [7, 11) is 0. The van der Waals surface area contributed by atoms with Crippen LogP contribution in [0, 0.1) is 45.3 Å². The Morgan fingerprint density at radius 3 is 2.16 bits per heavy atom. The average molecular weight is 515 g/mol. The summed E-state index contributed by atoms with van der Waals surface area (Å²) in [6.45, 7) is 13.2. The first-order valence-corrected chi connectivity index (χ1v) is 13.7. The molecule has 0 saturated heterocycles. The Bertz CT molecular complexity index is 1110. The first-order chi connectivity index (χ1) is 16.9. The van der Waals surface area contributed by atoms with Gasteiger partial charge < -0.3 is 10.2 Å². The zero-order valence-corrected chi connectivity index (χ0v) is 23.3. The molecule has 2 saturated carbocycles. The molecule has 7 nitrogen and oxygen atoms in total. The Balaban J connectivity index is 1.75. The Kier molecular flexibility index (Phi) is 6.54. The van der Waals surface area contributed by atoms with E-state index < -0.39 is 39.7 Å². The van der Waals surface area contributed by atoms with Crippen LogP contribution in [0.15, 0.2) is 11.1 Å². The molecule has 204 valence electrons. The van der Waals surface area contributed by atoms with E-state index in [1.807, 2.05) is 41.5 Å². The van der Waals surface area contributed by atoms with Crippen molar-refractivity contribution in [2.75, 3.05) is 0 Å². The molecule has 7 heteroatoms. The zero-order valence-electron chi connectivity index (χ0n) is 23.3. The van der Waals surface area contributed by atoms with Crippen LogP contribution in [0.2, 0.25) is 0 Å². The fourth-order valence-electron chi connectivity index (χ4n) is 8.84. The predicted octanol–water partition coefficient (Wildman–Crippen LogP) is 4.34. The molecule has 2 fully saturated rings. The molecule has 4 aliphatic rings. The number of Topliss-reactive ketones (excluding diaryl/α,β-unsaturated/α-hetero) is 4. The van der Waals surface area contributed by atoms with Gasteiger partial charge in [0.2, 0.25) is 0 Å². The summed E-state index contributed by atoms with van der Waals surface area (Å²) >= 11 is 0. The maximum atomic E-state index is 14.0. The minimum absolute atomic E-state index is 0.0521. The second-order valence-electron chi connectivity index (χ2n) is 13.8. The van der Waals surface area contributed by atoms with E-state index >= 15 is 0 Å². The van der Waals surface area contributed by atoms with Crippen LogP contribution in [-0.2, 0) is 24.0 Å². The number of aliphatic hydroxyl groups excluding tert-OH is 1. The topological polar surface area (TPSA) is 126 Å². The van der Waals surface area contributed by atoms with Gasteiger partial charge in [0.25, 0.3) is 0 Å². The molecular formula is C30H42O7. The van der Waals surface area contributed by atoms with Crippen LogP contribution >= 0.6 is 0 Å². The summed E-state index contributed by atoms with van der Waals surface area (Å²) in [5.74, 6) is -2.94. The minimum Gasteiger partial charge on any atom is -0.481 e. The van der Waals surface area contributed by atoms with Gasteiger partial charge in [-0.3, -0.25) is 24.0 Å². The lowest BCUT2D eigenvalue weighted by molar-refractivity contribution is -0.145. The molecule has 4 aliphatic carbocycles. The van der Waals surface area contributed by atoms with Gasteiger partial charge in [0.1, 0.15) is 11.6 Å². The van der Waals surface area contributed by atoms with Crippen LogP contribution in [0.5, 0.6) is 0 Å². The molecule has 0 aromatic heterocycles. The van der Waals surface area contributed by atoms with Crippen molar-refractivity contribution >= 4 is 29.1 Å². The van der Waals surface area contributed by atoms with E-state index in [1.54, 1.807) is 0 Å². The van der Waals surface area contributed by atoms with Gasteiger partial charge in [-0.15, -0.1) is 0 Å². The third-order valence-electron chi connectivity index (χ3n) is 11.4. The number of ketones is 4. The van der Waals surface area contributed by atoms with E-state index in [-0.39, 0.29) is 73.0 Å². The van der Waals surface area contributed by atoms with Crippen molar-refractivity contribution in [3.63, 3.8) is 0 Å². The summed E-state index contributed by atoms with van der Waals surface area (Å²) in [6.07, 6.45) is 1.19. The second kappa shape index (κ2) is 8.69. The molecule has 0 amide bonds. The number of carboxylic acids is 1. The number of carboxylic acid groups (broad SMARTS) is 1. The van der Waals surface area contributed by atoms with Crippen molar-refractivity contribution in [1.82, 2.24) is 0 Å². The maximum absolute atomic E-state index is 14.0. The highest BCUT2D eigenvalue weighted by Gasteiger charge is 2.70. The number of aliphatic hydroxyl groups is 1. The van der Waals surface area contributed by atoms with Gasteiger partial charge >= 0.3 is 5.97 Å². The van der Waals surface area contributed by atoms with E-state index in [0.29, 0.717) is 24.0 Å². The van der Waals surface area contributed by atoms with Crippen molar-refractivity contribution in [3.05, 3.63) is 11.1 Å². The number of fused-ring (bicyclic) bond motifs is 4. The lowest BCUT2D eigenvalue weighted by atomic mass is 9.42. The van der Waals surface area contributed by atoms with Crippen molar-refractivity contribution in [1.29, 1.82) is 0 Å². The Labute approximate surface area is 219 Å². The average Bonchev–Trinajstić information content (AvgIpc) is 2.99. The van der Waals surface area contributed by atoms with Gasteiger partial charge in [0.05, 0.1) is 17.4 Å². The maximum Gasteiger partial charge on any atom is 0.306 e. The number of hydrogen-bond acceptors (Lipinski definition) is 6. The first-order valence-electron chi connectivity index (χ1n) is 13.7. The van der Waals surface area contributed by atoms with Crippen LogP contribution in [0.4, 0.5) is 0 Å². The third kappa shape index (κ3) is 3.74.